The fourth-order valence-electron chi connectivity index (χ4n) is 1.28. The second-order valence-electron chi connectivity index (χ2n) is 3.84. The molecule has 0 aliphatic rings. The number of aliphatic carboxylic acids is 1. The monoisotopic (exact) mass is 225 g/mol. The Morgan fingerprint density at radius 1 is 1.56 bits per heavy atom. The zero-order chi connectivity index (χ0) is 12.3. The zero-order valence-corrected chi connectivity index (χ0v) is 9.56. The van der Waals surface area contributed by atoms with Gasteiger partial charge in [0.25, 0.3) is 5.56 Å². The topological polar surface area (TPSA) is 68.5 Å². The molecular weight excluding hydrogens is 210 g/mol. The lowest BCUT2D eigenvalue weighted by Crippen LogP contribution is -2.42. The second-order valence-corrected chi connectivity index (χ2v) is 3.84. The van der Waals surface area contributed by atoms with Crippen molar-refractivity contribution in [1.29, 1.82) is 0 Å². The van der Waals surface area contributed by atoms with E-state index in [1.165, 1.54) is 26.1 Å². The zero-order valence-electron chi connectivity index (χ0n) is 9.56. The van der Waals surface area contributed by atoms with E-state index in [-0.39, 0.29) is 5.75 Å². The summed E-state index contributed by atoms with van der Waals surface area (Å²) in [5, 5.41) is 9.04. The molecular formula is C11H15NO4. The van der Waals surface area contributed by atoms with Crippen LogP contribution in [-0.2, 0) is 10.3 Å². The van der Waals surface area contributed by atoms with E-state index in [4.69, 9.17) is 9.84 Å². The highest BCUT2D eigenvalue weighted by Gasteiger charge is 2.30. The lowest BCUT2D eigenvalue weighted by molar-refractivity contribution is -0.145. The van der Waals surface area contributed by atoms with Crippen LogP contribution in [0.2, 0.25) is 0 Å². The number of nitrogens with zero attached hydrogens (tertiary/aromatic N) is 1. The lowest BCUT2D eigenvalue weighted by atomic mass is 10.1. The van der Waals surface area contributed by atoms with Crippen molar-refractivity contribution >= 4 is 5.97 Å². The summed E-state index contributed by atoms with van der Waals surface area (Å²) in [6.07, 6.45) is 1.44. The highest BCUT2D eigenvalue weighted by molar-refractivity contribution is 5.75. The van der Waals surface area contributed by atoms with Crippen LogP contribution in [0.4, 0.5) is 0 Å². The SMILES string of the molecule is CCOc1cccn(C(C)(C)C(=O)O)c1=O. The maximum absolute atomic E-state index is 11.9. The van der Waals surface area contributed by atoms with Crippen LogP contribution in [0.3, 0.4) is 0 Å². The van der Waals surface area contributed by atoms with Gasteiger partial charge in [-0.2, -0.15) is 0 Å². The van der Waals surface area contributed by atoms with Crippen molar-refractivity contribution in [2.45, 2.75) is 26.3 Å². The number of hydrogen-bond acceptors (Lipinski definition) is 3. The summed E-state index contributed by atoms with van der Waals surface area (Å²) in [6.45, 7) is 5.06. The second kappa shape index (κ2) is 4.38. The fourth-order valence-corrected chi connectivity index (χ4v) is 1.28. The van der Waals surface area contributed by atoms with E-state index in [1.54, 1.807) is 13.0 Å². The van der Waals surface area contributed by atoms with Crippen molar-refractivity contribution in [3.8, 4) is 5.75 Å². The van der Waals surface area contributed by atoms with E-state index in [0.29, 0.717) is 6.61 Å². The molecule has 1 aromatic rings. The third kappa shape index (κ3) is 2.08. The first-order valence-electron chi connectivity index (χ1n) is 4.99. The summed E-state index contributed by atoms with van der Waals surface area (Å²) < 4.78 is 6.28. The van der Waals surface area contributed by atoms with E-state index in [1.807, 2.05) is 0 Å². The van der Waals surface area contributed by atoms with E-state index in [9.17, 15) is 9.59 Å². The molecule has 0 radical (unpaired) electrons. The van der Waals surface area contributed by atoms with Gasteiger partial charge in [-0.15, -0.1) is 0 Å². The molecule has 0 spiro atoms. The minimum Gasteiger partial charge on any atom is -0.488 e. The molecule has 16 heavy (non-hydrogen) atoms. The predicted octanol–water partition coefficient (Wildman–Crippen LogP) is 1.07. The third-order valence-electron chi connectivity index (χ3n) is 2.34. The Bertz CT molecular complexity index is 448. The molecule has 1 aromatic heterocycles. The van der Waals surface area contributed by atoms with Gasteiger partial charge in [0.2, 0.25) is 0 Å². The van der Waals surface area contributed by atoms with Crippen molar-refractivity contribution in [2.24, 2.45) is 0 Å². The minimum absolute atomic E-state index is 0.166. The summed E-state index contributed by atoms with van der Waals surface area (Å²) in [4.78, 5) is 22.9. The largest absolute Gasteiger partial charge is 0.488 e. The summed E-state index contributed by atoms with van der Waals surface area (Å²) >= 11 is 0. The first-order valence-corrected chi connectivity index (χ1v) is 4.99. The molecule has 0 saturated heterocycles. The number of rotatable bonds is 4. The normalized spacial score (nSPS) is 11.2. The van der Waals surface area contributed by atoms with Gasteiger partial charge in [-0.25, -0.2) is 4.79 Å². The van der Waals surface area contributed by atoms with E-state index < -0.39 is 17.1 Å². The standard InChI is InChI=1S/C11H15NO4/c1-4-16-8-6-5-7-12(9(8)13)11(2,3)10(14)15/h5-7H,4H2,1-3H3,(H,14,15). The highest BCUT2D eigenvalue weighted by atomic mass is 16.5. The Morgan fingerprint density at radius 3 is 2.69 bits per heavy atom. The van der Waals surface area contributed by atoms with Gasteiger partial charge < -0.3 is 9.84 Å². The number of carboxylic acids is 1. The van der Waals surface area contributed by atoms with Crippen LogP contribution in [0.1, 0.15) is 20.8 Å². The summed E-state index contributed by atoms with van der Waals surface area (Å²) in [7, 11) is 0. The molecule has 0 fully saturated rings. The van der Waals surface area contributed by atoms with Gasteiger partial charge in [0.05, 0.1) is 6.61 Å². The number of ether oxygens (including phenoxy) is 1. The van der Waals surface area contributed by atoms with Crippen LogP contribution < -0.4 is 10.3 Å². The molecule has 0 aliphatic carbocycles. The van der Waals surface area contributed by atoms with Crippen LogP contribution in [0.5, 0.6) is 5.75 Å². The van der Waals surface area contributed by atoms with Crippen LogP contribution in [0, 0.1) is 0 Å². The van der Waals surface area contributed by atoms with Gasteiger partial charge in [0.1, 0.15) is 5.54 Å². The molecule has 88 valence electrons. The van der Waals surface area contributed by atoms with Gasteiger partial charge in [0.15, 0.2) is 5.75 Å². The van der Waals surface area contributed by atoms with Crippen LogP contribution >= 0.6 is 0 Å². The Morgan fingerprint density at radius 2 is 2.19 bits per heavy atom. The van der Waals surface area contributed by atoms with Crippen molar-refractivity contribution in [3.63, 3.8) is 0 Å². The van der Waals surface area contributed by atoms with Gasteiger partial charge in [0, 0.05) is 6.20 Å². The molecule has 0 saturated carbocycles. The number of hydrogen-bond donors (Lipinski definition) is 1. The molecule has 0 aliphatic heterocycles. The number of aromatic nitrogens is 1. The molecule has 0 unspecified atom stereocenters. The molecule has 0 aromatic carbocycles. The maximum atomic E-state index is 11.9. The number of pyridine rings is 1. The summed E-state index contributed by atoms with van der Waals surface area (Å²) in [5.74, 6) is -0.900. The Balaban J connectivity index is 3.31. The molecule has 0 amide bonds. The molecule has 0 bridgehead atoms. The summed E-state index contributed by atoms with van der Waals surface area (Å²) in [5.41, 5.74) is -1.72. The van der Waals surface area contributed by atoms with Crippen molar-refractivity contribution in [1.82, 2.24) is 4.57 Å². The molecule has 5 heteroatoms. The van der Waals surface area contributed by atoms with E-state index in [0.717, 1.165) is 4.57 Å². The maximum Gasteiger partial charge on any atom is 0.329 e. The Kier molecular flexibility index (Phi) is 3.37. The van der Waals surface area contributed by atoms with Crippen molar-refractivity contribution < 1.29 is 14.6 Å². The molecule has 1 N–H and O–H groups in total. The fraction of sp³-hybridized carbons (Fsp3) is 0.455. The number of carbonyl (C=O) groups is 1. The van der Waals surface area contributed by atoms with Crippen LogP contribution in [0.25, 0.3) is 0 Å². The molecule has 5 nitrogen and oxygen atoms in total. The van der Waals surface area contributed by atoms with E-state index in [2.05, 4.69) is 0 Å². The average Bonchev–Trinajstić information content (AvgIpc) is 2.21. The first-order chi connectivity index (χ1) is 7.41. The smallest absolute Gasteiger partial charge is 0.329 e. The van der Waals surface area contributed by atoms with Crippen LogP contribution in [0.15, 0.2) is 23.1 Å². The average molecular weight is 225 g/mol. The highest BCUT2D eigenvalue weighted by Crippen LogP contribution is 2.14. The van der Waals surface area contributed by atoms with Gasteiger partial charge in [-0.3, -0.25) is 9.36 Å². The first kappa shape index (κ1) is 12.3. The lowest BCUT2D eigenvalue weighted by Gasteiger charge is -2.22. The van der Waals surface area contributed by atoms with Crippen LogP contribution in [-0.4, -0.2) is 22.2 Å². The third-order valence-corrected chi connectivity index (χ3v) is 2.34. The summed E-state index contributed by atoms with van der Waals surface area (Å²) in [6, 6.07) is 3.12. The minimum atomic E-state index is -1.29. The number of carboxylic acid groups (broad SMARTS) is 1. The van der Waals surface area contributed by atoms with Crippen molar-refractivity contribution in [3.05, 3.63) is 28.7 Å². The van der Waals surface area contributed by atoms with Gasteiger partial charge >= 0.3 is 5.97 Å². The van der Waals surface area contributed by atoms with Crippen molar-refractivity contribution in [2.75, 3.05) is 6.61 Å². The molecule has 0 atom stereocenters. The van der Waals surface area contributed by atoms with Gasteiger partial charge in [-0.1, -0.05) is 0 Å². The quantitative estimate of drug-likeness (QED) is 0.832. The molecule has 1 heterocycles. The Labute approximate surface area is 93.3 Å². The predicted molar refractivity (Wildman–Crippen MR) is 58.8 cm³/mol. The molecule has 1 rings (SSSR count). The van der Waals surface area contributed by atoms with Gasteiger partial charge in [-0.05, 0) is 32.9 Å². The van der Waals surface area contributed by atoms with E-state index >= 15 is 0 Å². The Hall–Kier alpha value is -1.78.